The van der Waals surface area contributed by atoms with Crippen molar-refractivity contribution in [3.05, 3.63) is 59.9 Å². The van der Waals surface area contributed by atoms with Gasteiger partial charge < -0.3 is 4.90 Å². The first-order valence-electron chi connectivity index (χ1n) is 6.99. The Hall–Kier alpha value is -0.700. The summed E-state index contributed by atoms with van der Waals surface area (Å²) in [6.45, 7) is 2.12. The Morgan fingerprint density at radius 3 is 2.05 bits per heavy atom. The SMILES string of the molecule is Fc1ccc(N=Cc2ccc(N(CCI)CCI)cc2)cc1. The summed E-state index contributed by atoms with van der Waals surface area (Å²) in [5.41, 5.74) is 3.03. The number of rotatable bonds is 7. The predicted molar refractivity (Wildman–Crippen MR) is 110 cm³/mol. The highest BCUT2D eigenvalue weighted by molar-refractivity contribution is 14.1. The van der Waals surface area contributed by atoms with E-state index in [0.29, 0.717) is 0 Å². The molecule has 0 atom stereocenters. The van der Waals surface area contributed by atoms with E-state index in [1.807, 2.05) is 0 Å². The summed E-state index contributed by atoms with van der Waals surface area (Å²) in [6.07, 6.45) is 1.80. The number of anilines is 1. The molecule has 0 saturated heterocycles. The van der Waals surface area contributed by atoms with Crippen molar-refractivity contribution in [3.63, 3.8) is 0 Å². The van der Waals surface area contributed by atoms with Gasteiger partial charge in [0.05, 0.1) is 5.69 Å². The molecule has 0 unspecified atom stereocenters. The third-order valence-corrected chi connectivity index (χ3v) is 4.12. The van der Waals surface area contributed by atoms with E-state index in [1.165, 1.54) is 17.8 Å². The first-order valence-corrected chi connectivity index (χ1v) is 10.0. The van der Waals surface area contributed by atoms with Crippen LogP contribution < -0.4 is 4.90 Å². The van der Waals surface area contributed by atoms with Crippen LogP contribution >= 0.6 is 45.2 Å². The van der Waals surface area contributed by atoms with Gasteiger partial charge in [0, 0.05) is 33.8 Å². The van der Waals surface area contributed by atoms with Crippen molar-refractivity contribution in [3.8, 4) is 0 Å². The number of alkyl halides is 2. The summed E-state index contributed by atoms with van der Waals surface area (Å²) in [6, 6.07) is 14.6. The van der Waals surface area contributed by atoms with Crippen molar-refractivity contribution < 1.29 is 4.39 Å². The molecule has 2 rings (SSSR count). The highest BCUT2D eigenvalue weighted by Crippen LogP contribution is 2.16. The van der Waals surface area contributed by atoms with Gasteiger partial charge in [0.15, 0.2) is 0 Å². The number of hydrogen-bond donors (Lipinski definition) is 0. The molecule has 0 fully saturated rings. The summed E-state index contributed by atoms with van der Waals surface area (Å²) < 4.78 is 15.1. The van der Waals surface area contributed by atoms with Crippen LogP contribution in [-0.2, 0) is 0 Å². The van der Waals surface area contributed by atoms with Crippen LogP contribution in [0.4, 0.5) is 15.8 Å². The van der Waals surface area contributed by atoms with E-state index in [9.17, 15) is 4.39 Å². The number of benzene rings is 2. The Kier molecular flexibility index (Phi) is 7.57. The van der Waals surface area contributed by atoms with Gasteiger partial charge in [0.1, 0.15) is 5.82 Å². The number of nitrogens with zero attached hydrogens (tertiary/aromatic N) is 2. The van der Waals surface area contributed by atoms with E-state index in [0.717, 1.165) is 33.2 Å². The molecule has 2 nitrogen and oxygen atoms in total. The second-order valence-corrected chi connectivity index (χ2v) is 6.85. The van der Waals surface area contributed by atoms with Crippen molar-refractivity contribution in [2.24, 2.45) is 4.99 Å². The molecule has 0 aliphatic heterocycles. The molecule has 0 saturated carbocycles. The Morgan fingerprint density at radius 1 is 0.909 bits per heavy atom. The predicted octanol–water partition coefficient (Wildman–Crippen LogP) is 5.25. The Bertz CT molecular complexity index is 591. The van der Waals surface area contributed by atoms with Crippen LogP contribution in [0.25, 0.3) is 0 Å². The normalized spacial score (nSPS) is 11.0. The average Bonchev–Trinajstić information content (AvgIpc) is 2.55. The van der Waals surface area contributed by atoms with Gasteiger partial charge in [-0.3, -0.25) is 4.99 Å². The summed E-state index contributed by atoms with van der Waals surface area (Å²) in [5.74, 6) is -0.242. The fourth-order valence-corrected chi connectivity index (χ4v) is 3.19. The van der Waals surface area contributed by atoms with Crippen LogP contribution in [0.15, 0.2) is 53.5 Å². The molecule has 22 heavy (non-hydrogen) atoms. The molecular formula is C17H17FI2N2. The van der Waals surface area contributed by atoms with Crippen LogP contribution in [0.3, 0.4) is 0 Å². The van der Waals surface area contributed by atoms with Gasteiger partial charge >= 0.3 is 0 Å². The van der Waals surface area contributed by atoms with E-state index < -0.39 is 0 Å². The minimum atomic E-state index is -0.242. The summed E-state index contributed by atoms with van der Waals surface area (Å²) in [7, 11) is 0. The smallest absolute Gasteiger partial charge is 0.123 e. The topological polar surface area (TPSA) is 15.6 Å². The monoisotopic (exact) mass is 522 g/mol. The molecule has 0 bridgehead atoms. The van der Waals surface area contributed by atoms with Crippen LogP contribution in [-0.4, -0.2) is 28.2 Å². The van der Waals surface area contributed by atoms with Crippen LogP contribution in [0.2, 0.25) is 0 Å². The molecule has 0 spiro atoms. The summed E-state index contributed by atoms with van der Waals surface area (Å²) in [5, 5.41) is 0. The Labute approximate surface area is 158 Å². The van der Waals surface area contributed by atoms with E-state index in [-0.39, 0.29) is 5.82 Å². The van der Waals surface area contributed by atoms with Gasteiger partial charge in [0.2, 0.25) is 0 Å². The molecule has 0 aromatic heterocycles. The third-order valence-electron chi connectivity index (χ3n) is 3.16. The zero-order valence-corrected chi connectivity index (χ0v) is 16.4. The van der Waals surface area contributed by atoms with Gasteiger partial charge in [-0.05, 0) is 42.0 Å². The number of aliphatic imine (C=N–C) groups is 1. The minimum Gasteiger partial charge on any atom is -0.370 e. The van der Waals surface area contributed by atoms with Crippen LogP contribution in [0.5, 0.6) is 0 Å². The molecule has 116 valence electrons. The summed E-state index contributed by atoms with van der Waals surface area (Å²) >= 11 is 4.81. The zero-order valence-electron chi connectivity index (χ0n) is 12.1. The van der Waals surface area contributed by atoms with Crippen molar-refractivity contribution in [1.82, 2.24) is 0 Å². The molecule has 0 aliphatic rings. The van der Waals surface area contributed by atoms with Gasteiger partial charge in [0.25, 0.3) is 0 Å². The van der Waals surface area contributed by atoms with Crippen molar-refractivity contribution in [2.45, 2.75) is 0 Å². The molecule has 0 amide bonds. The standard InChI is InChI=1S/C17H17FI2N2/c18-15-3-5-16(6-4-15)21-13-14-1-7-17(8-2-14)22(11-9-19)12-10-20/h1-8,13H,9-12H2. The number of halogens is 3. The van der Waals surface area contributed by atoms with Gasteiger partial charge in [-0.1, -0.05) is 57.3 Å². The summed E-state index contributed by atoms with van der Waals surface area (Å²) in [4.78, 5) is 6.75. The van der Waals surface area contributed by atoms with Crippen LogP contribution in [0, 0.1) is 5.82 Å². The maximum atomic E-state index is 12.8. The molecule has 0 heterocycles. The fourth-order valence-electron chi connectivity index (χ4n) is 2.02. The van der Waals surface area contributed by atoms with Gasteiger partial charge in [-0.15, -0.1) is 0 Å². The van der Waals surface area contributed by atoms with Crippen molar-refractivity contribution in [1.29, 1.82) is 0 Å². The van der Waals surface area contributed by atoms with Gasteiger partial charge in [-0.25, -0.2) is 4.39 Å². The first-order chi connectivity index (χ1) is 10.7. The van der Waals surface area contributed by atoms with E-state index in [1.54, 1.807) is 18.3 Å². The highest BCUT2D eigenvalue weighted by atomic mass is 127. The lowest BCUT2D eigenvalue weighted by Crippen LogP contribution is -2.27. The lowest BCUT2D eigenvalue weighted by atomic mass is 10.2. The molecule has 0 radical (unpaired) electrons. The lowest BCUT2D eigenvalue weighted by molar-refractivity contribution is 0.628. The largest absolute Gasteiger partial charge is 0.370 e. The van der Waals surface area contributed by atoms with E-state index in [4.69, 9.17) is 0 Å². The molecule has 5 heteroatoms. The maximum Gasteiger partial charge on any atom is 0.123 e. The van der Waals surface area contributed by atoms with Crippen molar-refractivity contribution >= 4 is 62.8 Å². The zero-order chi connectivity index (χ0) is 15.8. The van der Waals surface area contributed by atoms with E-state index in [2.05, 4.69) is 79.3 Å². The molecule has 2 aromatic rings. The van der Waals surface area contributed by atoms with Crippen LogP contribution in [0.1, 0.15) is 5.56 Å². The first kappa shape index (κ1) is 17.7. The maximum absolute atomic E-state index is 12.8. The molecular weight excluding hydrogens is 505 g/mol. The lowest BCUT2D eigenvalue weighted by Gasteiger charge is -2.23. The quantitative estimate of drug-likeness (QED) is 0.276. The highest BCUT2D eigenvalue weighted by Gasteiger charge is 2.04. The minimum absolute atomic E-state index is 0.242. The van der Waals surface area contributed by atoms with Crippen molar-refractivity contribution in [2.75, 3.05) is 26.8 Å². The Balaban J connectivity index is 2.06. The fraction of sp³-hybridized carbons (Fsp3) is 0.235. The Morgan fingerprint density at radius 2 is 1.50 bits per heavy atom. The van der Waals surface area contributed by atoms with E-state index >= 15 is 0 Å². The number of hydrogen-bond acceptors (Lipinski definition) is 2. The second kappa shape index (κ2) is 9.44. The third kappa shape index (κ3) is 5.49. The average molecular weight is 522 g/mol. The second-order valence-electron chi connectivity index (χ2n) is 4.69. The molecule has 0 aliphatic carbocycles. The molecule has 2 aromatic carbocycles. The van der Waals surface area contributed by atoms with Gasteiger partial charge in [-0.2, -0.15) is 0 Å². The molecule has 0 N–H and O–H groups in total.